The second kappa shape index (κ2) is 6.31. The van der Waals surface area contributed by atoms with E-state index in [2.05, 4.69) is 15.6 Å². The monoisotopic (exact) mass is 272 g/mol. The van der Waals surface area contributed by atoms with Gasteiger partial charge in [0.05, 0.1) is 12.2 Å². The number of carbonyl (C=O) groups excluding carboxylic acids is 1. The molecule has 7 nitrogen and oxygen atoms in total. The van der Waals surface area contributed by atoms with Gasteiger partial charge in [-0.15, -0.1) is 11.3 Å². The van der Waals surface area contributed by atoms with Gasteiger partial charge in [0.25, 0.3) is 0 Å². The van der Waals surface area contributed by atoms with E-state index in [-0.39, 0.29) is 24.2 Å². The first-order chi connectivity index (χ1) is 8.40. The van der Waals surface area contributed by atoms with Crippen molar-refractivity contribution in [2.75, 3.05) is 11.9 Å². The number of rotatable bonds is 6. The molecule has 0 aliphatic rings. The molecule has 100 valence electrons. The van der Waals surface area contributed by atoms with Crippen molar-refractivity contribution in [1.82, 2.24) is 10.3 Å². The molecule has 1 atom stereocenters. The van der Waals surface area contributed by atoms with Gasteiger partial charge in [-0.05, 0) is 13.8 Å². The molecule has 0 aromatic carbocycles. The highest BCUT2D eigenvalue weighted by Crippen LogP contribution is 2.19. The number of amides is 1. The lowest BCUT2D eigenvalue weighted by molar-refractivity contribution is -0.138. The second-order valence-corrected chi connectivity index (χ2v) is 4.83. The number of thiazole rings is 1. The van der Waals surface area contributed by atoms with Gasteiger partial charge < -0.3 is 21.5 Å². The summed E-state index contributed by atoms with van der Waals surface area (Å²) in [4.78, 5) is 26.0. The van der Waals surface area contributed by atoms with Crippen molar-refractivity contribution in [2.45, 2.75) is 25.9 Å². The van der Waals surface area contributed by atoms with Crippen molar-refractivity contribution >= 4 is 28.3 Å². The van der Waals surface area contributed by atoms with Gasteiger partial charge in [-0.25, -0.2) is 4.98 Å². The van der Waals surface area contributed by atoms with Gasteiger partial charge in [-0.2, -0.15) is 0 Å². The van der Waals surface area contributed by atoms with Gasteiger partial charge in [-0.3, -0.25) is 9.59 Å². The maximum absolute atomic E-state index is 11.4. The molecule has 0 spiro atoms. The Morgan fingerprint density at radius 1 is 1.56 bits per heavy atom. The van der Waals surface area contributed by atoms with E-state index >= 15 is 0 Å². The van der Waals surface area contributed by atoms with Crippen LogP contribution in [0.3, 0.4) is 0 Å². The van der Waals surface area contributed by atoms with Crippen LogP contribution in [-0.2, 0) is 9.59 Å². The van der Waals surface area contributed by atoms with Crippen molar-refractivity contribution in [2.24, 2.45) is 5.73 Å². The van der Waals surface area contributed by atoms with Crippen molar-refractivity contribution in [3.05, 3.63) is 11.1 Å². The Hall–Kier alpha value is -1.67. The summed E-state index contributed by atoms with van der Waals surface area (Å²) < 4.78 is 0. The molecule has 0 radical (unpaired) electrons. The predicted octanol–water partition coefficient (Wildman–Crippen LogP) is 0.164. The number of anilines is 1. The van der Waals surface area contributed by atoms with Crippen LogP contribution in [0.5, 0.6) is 0 Å². The van der Waals surface area contributed by atoms with Crippen molar-refractivity contribution in [3.8, 4) is 0 Å². The Kier molecular flexibility index (Phi) is 5.05. The van der Waals surface area contributed by atoms with Crippen LogP contribution in [0.2, 0.25) is 0 Å². The van der Waals surface area contributed by atoms with Crippen LogP contribution >= 0.6 is 11.3 Å². The van der Waals surface area contributed by atoms with E-state index in [1.54, 1.807) is 5.38 Å². The number of aliphatic carboxylic acids is 1. The topological polar surface area (TPSA) is 117 Å². The van der Waals surface area contributed by atoms with Gasteiger partial charge in [0, 0.05) is 11.4 Å². The molecule has 1 aromatic rings. The van der Waals surface area contributed by atoms with Crippen molar-refractivity contribution < 1.29 is 14.7 Å². The number of carboxylic acids is 1. The molecule has 1 rings (SSSR count). The summed E-state index contributed by atoms with van der Waals surface area (Å²) in [6, 6.07) is -1.06. The second-order valence-electron chi connectivity index (χ2n) is 3.97. The van der Waals surface area contributed by atoms with Crippen LogP contribution in [0.1, 0.15) is 25.6 Å². The molecule has 0 aliphatic heterocycles. The Bertz CT molecular complexity index is 433. The van der Waals surface area contributed by atoms with Gasteiger partial charge >= 0.3 is 5.97 Å². The minimum absolute atomic E-state index is 0.0755. The summed E-state index contributed by atoms with van der Waals surface area (Å²) in [6.45, 7) is 3.82. The number of aromatic nitrogens is 1. The fourth-order valence-corrected chi connectivity index (χ4v) is 1.91. The molecule has 5 N–H and O–H groups in total. The number of hydrogen-bond donors (Lipinski definition) is 4. The van der Waals surface area contributed by atoms with E-state index in [1.807, 2.05) is 13.8 Å². The normalized spacial score (nSPS) is 12.2. The van der Waals surface area contributed by atoms with E-state index < -0.39 is 12.0 Å². The Labute approximate surface area is 108 Å². The molecule has 18 heavy (non-hydrogen) atoms. The minimum Gasteiger partial charge on any atom is -0.480 e. The third kappa shape index (κ3) is 4.30. The molecular formula is C10H16N4O3S. The number of nitrogens with zero attached hydrogens (tertiary/aromatic N) is 1. The molecule has 0 aliphatic carbocycles. The van der Waals surface area contributed by atoms with Gasteiger partial charge in [0.15, 0.2) is 5.13 Å². The highest BCUT2D eigenvalue weighted by molar-refractivity contribution is 7.13. The highest BCUT2D eigenvalue weighted by Gasteiger charge is 2.17. The number of hydrogen-bond acceptors (Lipinski definition) is 6. The van der Waals surface area contributed by atoms with Crippen LogP contribution in [0, 0.1) is 0 Å². The number of carbonyl (C=O) groups is 2. The molecule has 0 fully saturated rings. The summed E-state index contributed by atoms with van der Waals surface area (Å²) >= 11 is 1.21. The summed E-state index contributed by atoms with van der Waals surface area (Å²) in [5, 5.41) is 16.3. The molecular weight excluding hydrogens is 256 g/mol. The number of nitrogens with two attached hydrogens (primary N) is 1. The van der Waals surface area contributed by atoms with Crippen LogP contribution in [0.15, 0.2) is 5.38 Å². The molecule has 0 saturated carbocycles. The van der Waals surface area contributed by atoms with E-state index in [0.717, 1.165) is 0 Å². The predicted molar refractivity (Wildman–Crippen MR) is 68.4 cm³/mol. The SMILES string of the molecule is CC(C)NC(=O)CNc1nc(C(N)C(=O)O)cs1. The maximum Gasteiger partial charge on any atom is 0.326 e. The number of nitrogens with one attached hydrogen (secondary N) is 2. The van der Waals surface area contributed by atoms with Gasteiger partial charge in [0.2, 0.25) is 5.91 Å². The zero-order chi connectivity index (χ0) is 13.7. The van der Waals surface area contributed by atoms with Gasteiger partial charge in [-0.1, -0.05) is 0 Å². The molecule has 8 heteroatoms. The zero-order valence-corrected chi connectivity index (χ0v) is 11.0. The molecule has 0 saturated heterocycles. The lowest BCUT2D eigenvalue weighted by Gasteiger charge is -2.08. The standard InChI is InChI=1S/C10H16N4O3S/c1-5(2)13-7(15)3-12-10-14-6(4-18-10)8(11)9(16)17/h4-5,8H,3,11H2,1-2H3,(H,12,14)(H,13,15)(H,16,17). The maximum atomic E-state index is 11.4. The summed E-state index contributed by atoms with van der Waals surface area (Å²) in [6.07, 6.45) is 0. The smallest absolute Gasteiger partial charge is 0.326 e. The van der Waals surface area contributed by atoms with Crippen LogP contribution < -0.4 is 16.4 Å². The van der Waals surface area contributed by atoms with E-state index in [4.69, 9.17) is 10.8 Å². The Morgan fingerprint density at radius 3 is 2.78 bits per heavy atom. The fraction of sp³-hybridized carbons (Fsp3) is 0.500. The van der Waals surface area contributed by atoms with Crippen LogP contribution in [0.25, 0.3) is 0 Å². The Balaban J connectivity index is 2.49. The lowest BCUT2D eigenvalue weighted by Crippen LogP contribution is -2.34. The first kappa shape index (κ1) is 14.4. The van der Waals surface area contributed by atoms with Crippen LogP contribution in [-0.4, -0.2) is 34.6 Å². The summed E-state index contributed by atoms with van der Waals surface area (Å²) in [7, 11) is 0. The number of carboxylic acid groups (broad SMARTS) is 1. The quantitative estimate of drug-likeness (QED) is 0.586. The Morgan fingerprint density at radius 2 is 2.22 bits per heavy atom. The average Bonchev–Trinajstić information content (AvgIpc) is 2.72. The zero-order valence-electron chi connectivity index (χ0n) is 10.1. The van der Waals surface area contributed by atoms with Crippen molar-refractivity contribution in [3.63, 3.8) is 0 Å². The van der Waals surface area contributed by atoms with E-state index in [0.29, 0.717) is 5.13 Å². The largest absolute Gasteiger partial charge is 0.480 e. The molecule has 1 amide bonds. The molecule has 1 heterocycles. The summed E-state index contributed by atoms with van der Waals surface area (Å²) in [5.74, 6) is -1.28. The first-order valence-electron chi connectivity index (χ1n) is 5.37. The summed E-state index contributed by atoms with van der Waals surface area (Å²) in [5.41, 5.74) is 5.69. The molecule has 1 unspecified atom stereocenters. The van der Waals surface area contributed by atoms with E-state index in [9.17, 15) is 9.59 Å². The average molecular weight is 272 g/mol. The third-order valence-electron chi connectivity index (χ3n) is 1.96. The highest BCUT2D eigenvalue weighted by atomic mass is 32.1. The van der Waals surface area contributed by atoms with E-state index in [1.165, 1.54) is 11.3 Å². The van der Waals surface area contributed by atoms with Crippen molar-refractivity contribution in [1.29, 1.82) is 0 Å². The van der Waals surface area contributed by atoms with Crippen LogP contribution in [0.4, 0.5) is 5.13 Å². The fourth-order valence-electron chi connectivity index (χ4n) is 1.17. The molecule has 1 aromatic heterocycles. The first-order valence-corrected chi connectivity index (χ1v) is 6.25. The lowest BCUT2D eigenvalue weighted by atomic mass is 10.2. The van der Waals surface area contributed by atoms with Gasteiger partial charge in [0.1, 0.15) is 6.04 Å². The third-order valence-corrected chi connectivity index (χ3v) is 2.77. The minimum atomic E-state index is -1.14. The molecule has 0 bridgehead atoms.